The van der Waals surface area contributed by atoms with Crippen molar-refractivity contribution in [1.29, 1.82) is 0 Å². The Morgan fingerprint density at radius 1 is 1.06 bits per heavy atom. The summed E-state index contributed by atoms with van der Waals surface area (Å²) in [6.07, 6.45) is 1.22. The van der Waals surface area contributed by atoms with Gasteiger partial charge in [0.05, 0.1) is 0 Å². The fourth-order valence-electron chi connectivity index (χ4n) is 3.50. The Morgan fingerprint density at radius 3 is 2.44 bits per heavy atom. The largest absolute Gasteiger partial charge is 0.0648 e. The van der Waals surface area contributed by atoms with Gasteiger partial charge in [0, 0.05) is 0 Å². The minimum absolute atomic E-state index is 0.290. The molecule has 1 aliphatic rings. The van der Waals surface area contributed by atoms with Gasteiger partial charge in [0.15, 0.2) is 0 Å². The lowest BCUT2D eigenvalue weighted by atomic mass is 9.75. The molecule has 0 aromatic heterocycles. The van der Waals surface area contributed by atoms with Gasteiger partial charge in [-0.25, -0.2) is 0 Å². The SMILES string of the molecule is CCC1c2cccc3cccc(c23)C1(C)C. The summed E-state index contributed by atoms with van der Waals surface area (Å²) in [6, 6.07) is 13.5. The zero-order chi connectivity index (χ0) is 11.3. The highest BCUT2D eigenvalue weighted by Crippen LogP contribution is 2.51. The molecule has 0 amide bonds. The van der Waals surface area contributed by atoms with Crippen molar-refractivity contribution in [2.24, 2.45) is 0 Å². The average Bonchev–Trinajstić information content (AvgIpc) is 2.50. The van der Waals surface area contributed by atoms with Crippen LogP contribution in [0.15, 0.2) is 36.4 Å². The summed E-state index contributed by atoms with van der Waals surface area (Å²) < 4.78 is 0. The van der Waals surface area contributed by atoms with Gasteiger partial charge in [0.1, 0.15) is 0 Å². The minimum Gasteiger partial charge on any atom is -0.0648 e. The average molecular weight is 210 g/mol. The molecule has 3 rings (SSSR count). The summed E-state index contributed by atoms with van der Waals surface area (Å²) in [5, 5.41) is 2.92. The van der Waals surface area contributed by atoms with Gasteiger partial charge in [0.25, 0.3) is 0 Å². The summed E-state index contributed by atoms with van der Waals surface area (Å²) in [7, 11) is 0. The van der Waals surface area contributed by atoms with Crippen molar-refractivity contribution >= 4 is 10.8 Å². The van der Waals surface area contributed by atoms with Crippen LogP contribution < -0.4 is 0 Å². The van der Waals surface area contributed by atoms with E-state index < -0.39 is 0 Å². The van der Waals surface area contributed by atoms with Crippen LogP contribution in [0.25, 0.3) is 10.8 Å². The summed E-state index contributed by atoms with van der Waals surface area (Å²) in [4.78, 5) is 0. The Labute approximate surface area is 97.3 Å². The van der Waals surface area contributed by atoms with E-state index in [0.29, 0.717) is 5.92 Å². The molecule has 0 saturated heterocycles. The maximum Gasteiger partial charge on any atom is -0.00286 e. The molecule has 0 aliphatic heterocycles. The highest BCUT2D eigenvalue weighted by molar-refractivity contribution is 5.93. The van der Waals surface area contributed by atoms with Crippen LogP contribution >= 0.6 is 0 Å². The van der Waals surface area contributed by atoms with Gasteiger partial charge in [-0.1, -0.05) is 57.2 Å². The van der Waals surface area contributed by atoms with E-state index in [1.807, 2.05) is 0 Å². The van der Waals surface area contributed by atoms with Crippen LogP contribution in [0.2, 0.25) is 0 Å². The predicted octanol–water partition coefficient (Wildman–Crippen LogP) is 4.62. The zero-order valence-corrected chi connectivity index (χ0v) is 10.2. The fraction of sp³-hybridized carbons (Fsp3) is 0.375. The van der Waals surface area contributed by atoms with Gasteiger partial charge in [-0.2, -0.15) is 0 Å². The molecule has 0 fully saturated rings. The first kappa shape index (κ1) is 9.89. The molecule has 0 radical (unpaired) electrons. The highest BCUT2D eigenvalue weighted by Gasteiger charge is 2.39. The van der Waals surface area contributed by atoms with Crippen molar-refractivity contribution in [2.75, 3.05) is 0 Å². The molecule has 0 spiro atoms. The molecule has 1 unspecified atom stereocenters. The van der Waals surface area contributed by atoms with E-state index in [2.05, 4.69) is 57.2 Å². The van der Waals surface area contributed by atoms with Crippen molar-refractivity contribution < 1.29 is 0 Å². The number of rotatable bonds is 1. The molecule has 1 atom stereocenters. The lowest BCUT2D eigenvalue weighted by Gasteiger charge is -2.28. The normalized spacial score (nSPS) is 21.6. The topological polar surface area (TPSA) is 0 Å². The minimum atomic E-state index is 0.290. The third kappa shape index (κ3) is 1.05. The molecular weight excluding hydrogens is 192 g/mol. The van der Waals surface area contributed by atoms with Crippen LogP contribution in [-0.2, 0) is 5.41 Å². The molecule has 1 aliphatic carbocycles. The Balaban J connectivity index is 2.44. The highest BCUT2D eigenvalue weighted by atomic mass is 14.4. The Morgan fingerprint density at radius 2 is 1.75 bits per heavy atom. The maximum absolute atomic E-state index is 2.38. The predicted molar refractivity (Wildman–Crippen MR) is 70.0 cm³/mol. The van der Waals surface area contributed by atoms with Gasteiger partial charge in [-0.3, -0.25) is 0 Å². The second-order valence-electron chi connectivity index (χ2n) is 5.43. The third-order valence-corrected chi connectivity index (χ3v) is 4.29. The monoisotopic (exact) mass is 210 g/mol. The lowest BCUT2D eigenvalue weighted by Crippen LogP contribution is -2.21. The molecule has 2 aromatic rings. The smallest absolute Gasteiger partial charge is 0.00286 e. The number of hydrogen-bond donors (Lipinski definition) is 0. The molecule has 2 aromatic carbocycles. The van der Waals surface area contributed by atoms with Gasteiger partial charge in [0.2, 0.25) is 0 Å². The Hall–Kier alpha value is -1.30. The second-order valence-corrected chi connectivity index (χ2v) is 5.43. The first-order valence-electron chi connectivity index (χ1n) is 6.18. The van der Waals surface area contributed by atoms with E-state index in [1.165, 1.54) is 22.8 Å². The summed E-state index contributed by atoms with van der Waals surface area (Å²) in [5.41, 5.74) is 3.38. The van der Waals surface area contributed by atoms with Crippen molar-refractivity contribution in [1.82, 2.24) is 0 Å². The Bertz CT molecular complexity index is 544. The van der Waals surface area contributed by atoms with Gasteiger partial charge in [-0.05, 0) is 39.7 Å². The van der Waals surface area contributed by atoms with Crippen LogP contribution in [-0.4, -0.2) is 0 Å². The van der Waals surface area contributed by atoms with E-state index in [0.717, 1.165) is 0 Å². The van der Waals surface area contributed by atoms with Crippen LogP contribution in [0.4, 0.5) is 0 Å². The standard InChI is InChI=1S/C16H18/c1-4-13-12-9-5-7-11-8-6-10-14(15(11)12)16(13,2)3/h5-10,13H,4H2,1-3H3. The first-order valence-corrected chi connectivity index (χ1v) is 6.18. The van der Waals surface area contributed by atoms with Gasteiger partial charge >= 0.3 is 0 Å². The molecule has 0 saturated carbocycles. The molecular formula is C16H18. The first-order chi connectivity index (χ1) is 7.66. The van der Waals surface area contributed by atoms with E-state index in [-0.39, 0.29) is 5.41 Å². The van der Waals surface area contributed by atoms with E-state index in [1.54, 1.807) is 5.56 Å². The molecule has 0 heteroatoms. The summed E-state index contributed by atoms with van der Waals surface area (Å²) >= 11 is 0. The lowest BCUT2D eigenvalue weighted by molar-refractivity contribution is 0.421. The van der Waals surface area contributed by atoms with Crippen LogP contribution in [0, 0.1) is 0 Å². The van der Waals surface area contributed by atoms with E-state index in [9.17, 15) is 0 Å². The quantitative estimate of drug-likeness (QED) is 0.644. The number of hydrogen-bond acceptors (Lipinski definition) is 0. The van der Waals surface area contributed by atoms with Crippen molar-refractivity contribution in [3.63, 3.8) is 0 Å². The zero-order valence-electron chi connectivity index (χ0n) is 10.2. The third-order valence-electron chi connectivity index (χ3n) is 4.29. The molecule has 82 valence electrons. The van der Waals surface area contributed by atoms with Gasteiger partial charge < -0.3 is 0 Å². The second kappa shape index (κ2) is 3.10. The summed E-state index contributed by atoms with van der Waals surface area (Å²) in [5.74, 6) is 0.675. The van der Waals surface area contributed by atoms with Crippen LogP contribution in [0.1, 0.15) is 44.2 Å². The molecule has 0 heterocycles. The van der Waals surface area contributed by atoms with Crippen molar-refractivity contribution in [2.45, 2.75) is 38.5 Å². The van der Waals surface area contributed by atoms with E-state index >= 15 is 0 Å². The van der Waals surface area contributed by atoms with Crippen LogP contribution in [0.3, 0.4) is 0 Å². The van der Waals surface area contributed by atoms with Crippen molar-refractivity contribution in [3.8, 4) is 0 Å². The van der Waals surface area contributed by atoms with Crippen LogP contribution in [0.5, 0.6) is 0 Å². The van der Waals surface area contributed by atoms with Gasteiger partial charge in [-0.15, -0.1) is 0 Å². The molecule has 0 bridgehead atoms. The summed E-state index contributed by atoms with van der Waals surface area (Å²) in [6.45, 7) is 7.07. The molecule has 0 N–H and O–H groups in total. The fourth-order valence-corrected chi connectivity index (χ4v) is 3.50. The van der Waals surface area contributed by atoms with E-state index in [4.69, 9.17) is 0 Å². The van der Waals surface area contributed by atoms with Crippen molar-refractivity contribution in [3.05, 3.63) is 47.5 Å². The Kier molecular flexibility index (Phi) is 1.92. The maximum atomic E-state index is 2.38. The molecule has 16 heavy (non-hydrogen) atoms. The number of benzene rings is 2. The molecule has 0 nitrogen and oxygen atoms in total.